The fourth-order valence-corrected chi connectivity index (χ4v) is 2.23. The molecular weight excluding hydrogens is 224 g/mol. The number of benzene rings is 2. The Hall–Kier alpha value is -1.70. The van der Waals surface area contributed by atoms with E-state index in [4.69, 9.17) is 9.47 Å². The highest BCUT2D eigenvalue weighted by atomic mass is 16.5. The van der Waals surface area contributed by atoms with Crippen LogP contribution in [0.2, 0.25) is 0 Å². The minimum Gasteiger partial charge on any atom is -0.496 e. The monoisotopic (exact) mass is 244 g/mol. The second kappa shape index (κ2) is 5.76. The van der Waals surface area contributed by atoms with Crippen LogP contribution < -0.4 is 9.47 Å². The van der Waals surface area contributed by atoms with Gasteiger partial charge in [-0.05, 0) is 36.6 Å². The first-order chi connectivity index (χ1) is 8.80. The van der Waals surface area contributed by atoms with Crippen molar-refractivity contribution in [3.8, 4) is 11.5 Å². The van der Waals surface area contributed by atoms with Crippen LogP contribution in [0.5, 0.6) is 11.5 Å². The normalized spacial score (nSPS) is 10.6. The van der Waals surface area contributed by atoms with Crippen LogP contribution in [0.1, 0.15) is 25.3 Å². The van der Waals surface area contributed by atoms with E-state index in [9.17, 15) is 0 Å². The van der Waals surface area contributed by atoms with E-state index in [0.717, 1.165) is 28.7 Å². The van der Waals surface area contributed by atoms with Crippen LogP contribution in [0.3, 0.4) is 0 Å². The Labute approximate surface area is 109 Å². The molecule has 2 aromatic carbocycles. The summed E-state index contributed by atoms with van der Waals surface area (Å²) in [5, 5.41) is 2.24. The number of ether oxygens (including phenoxy) is 2. The zero-order chi connectivity index (χ0) is 13.0. The molecule has 0 saturated carbocycles. The number of hydrogen-bond donors (Lipinski definition) is 0. The molecule has 0 fully saturated rings. The standard InChI is InChI=1S/C16H20O2/c1-4-5-6-12-7-8-13-14(11-12)16(18-3)10-9-15(13)17-2/h7-11H,4-6H2,1-3H3. The maximum Gasteiger partial charge on any atom is 0.126 e. The Morgan fingerprint density at radius 2 is 1.56 bits per heavy atom. The highest BCUT2D eigenvalue weighted by molar-refractivity contribution is 5.93. The van der Waals surface area contributed by atoms with E-state index >= 15 is 0 Å². The molecule has 2 rings (SSSR count). The molecule has 0 bridgehead atoms. The zero-order valence-corrected chi connectivity index (χ0v) is 11.3. The Morgan fingerprint density at radius 1 is 0.889 bits per heavy atom. The SMILES string of the molecule is CCCCc1ccc2c(OC)ccc(OC)c2c1. The van der Waals surface area contributed by atoms with Gasteiger partial charge in [0.2, 0.25) is 0 Å². The summed E-state index contributed by atoms with van der Waals surface area (Å²) >= 11 is 0. The van der Waals surface area contributed by atoms with Gasteiger partial charge < -0.3 is 9.47 Å². The van der Waals surface area contributed by atoms with Gasteiger partial charge in [0.15, 0.2) is 0 Å². The average Bonchev–Trinajstić information content (AvgIpc) is 2.43. The Balaban J connectivity index is 2.52. The first-order valence-electron chi connectivity index (χ1n) is 6.43. The van der Waals surface area contributed by atoms with E-state index < -0.39 is 0 Å². The van der Waals surface area contributed by atoms with Crippen LogP contribution in [-0.4, -0.2) is 14.2 Å². The molecule has 0 aromatic heterocycles. The molecule has 0 N–H and O–H groups in total. The molecule has 2 nitrogen and oxygen atoms in total. The van der Waals surface area contributed by atoms with E-state index in [0.29, 0.717) is 0 Å². The maximum absolute atomic E-state index is 5.43. The predicted octanol–water partition coefficient (Wildman–Crippen LogP) is 4.20. The summed E-state index contributed by atoms with van der Waals surface area (Å²) in [6.07, 6.45) is 3.55. The number of fused-ring (bicyclic) bond motifs is 1. The summed E-state index contributed by atoms with van der Waals surface area (Å²) in [6, 6.07) is 10.4. The van der Waals surface area contributed by atoms with E-state index in [1.54, 1.807) is 14.2 Å². The molecule has 0 atom stereocenters. The lowest BCUT2D eigenvalue weighted by molar-refractivity contribution is 0.410. The average molecular weight is 244 g/mol. The van der Waals surface area contributed by atoms with Gasteiger partial charge in [0.25, 0.3) is 0 Å². The first kappa shape index (κ1) is 12.7. The van der Waals surface area contributed by atoms with Crippen LogP contribution in [0.4, 0.5) is 0 Å². The van der Waals surface area contributed by atoms with Crippen molar-refractivity contribution in [1.82, 2.24) is 0 Å². The predicted molar refractivity (Wildman–Crippen MR) is 75.7 cm³/mol. The van der Waals surface area contributed by atoms with E-state index in [-0.39, 0.29) is 0 Å². The Morgan fingerprint density at radius 3 is 2.17 bits per heavy atom. The lowest BCUT2D eigenvalue weighted by Crippen LogP contribution is -1.91. The van der Waals surface area contributed by atoms with Crippen molar-refractivity contribution in [3.63, 3.8) is 0 Å². The molecule has 0 aliphatic heterocycles. The smallest absolute Gasteiger partial charge is 0.126 e. The lowest BCUT2D eigenvalue weighted by atomic mass is 10.0. The van der Waals surface area contributed by atoms with Gasteiger partial charge in [-0.1, -0.05) is 25.5 Å². The second-order valence-corrected chi connectivity index (χ2v) is 4.45. The molecule has 0 radical (unpaired) electrons. The Kier molecular flexibility index (Phi) is 4.08. The van der Waals surface area contributed by atoms with Crippen LogP contribution >= 0.6 is 0 Å². The van der Waals surface area contributed by atoms with E-state index in [1.807, 2.05) is 12.1 Å². The highest BCUT2D eigenvalue weighted by Gasteiger charge is 2.07. The van der Waals surface area contributed by atoms with Crippen LogP contribution in [0, 0.1) is 0 Å². The minimum atomic E-state index is 0.896. The summed E-state index contributed by atoms with van der Waals surface area (Å²) in [4.78, 5) is 0. The van der Waals surface area contributed by atoms with Gasteiger partial charge in [-0.3, -0.25) is 0 Å². The van der Waals surface area contributed by atoms with Gasteiger partial charge in [0, 0.05) is 10.8 Å². The van der Waals surface area contributed by atoms with E-state index in [1.165, 1.54) is 18.4 Å². The first-order valence-corrected chi connectivity index (χ1v) is 6.43. The number of methoxy groups -OCH3 is 2. The lowest BCUT2D eigenvalue weighted by Gasteiger charge is -2.11. The van der Waals surface area contributed by atoms with E-state index in [2.05, 4.69) is 25.1 Å². The quantitative estimate of drug-likeness (QED) is 0.784. The van der Waals surface area contributed by atoms with Gasteiger partial charge in [0.1, 0.15) is 11.5 Å². The summed E-state index contributed by atoms with van der Waals surface area (Å²) < 4.78 is 10.8. The molecule has 96 valence electrons. The molecule has 18 heavy (non-hydrogen) atoms. The van der Waals surface area contributed by atoms with Crippen LogP contribution in [-0.2, 0) is 6.42 Å². The molecule has 0 aliphatic carbocycles. The zero-order valence-electron chi connectivity index (χ0n) is 11.3. The third kappa shape index (κ3) is 2.42. The summed E-state index contributed by atoms with van der Waals surface area (Å²) in [5.41, 5.74) is 1.36. The van der Waals surface area contributed by atoms with Gasteiger partial charge in [-0.15, -0.1) is 0 Å². The fraction of sp³-hybridized carbons (Fsp3) is 0.375. The van der Waals surface area contributed by atoms with Gasteiger partial charge in [-0.25, -0.2) is 0 Å². The molecule has 2 heteroatoms. The highest BCUT2D eigenvalue weighted by Crippen LogP contribution is 2.33. The van der Waals surface area contributed by atoms with Crippen molar-refractivity contribution in [1.29, 1.82) is 0 Å². The fourth-order valence-electron chi connectivity index (χ4n) is 2.23. The third-order valence-electron chi connectivity index (χ3n) is 3.26. The number of rotatable bonds is 5. The third-order valence-corrected chi connectivity index (χ3v) is 3.26. The molecule has 0 spiro atoms. The maximum atomic E-state index is 5.43. The van der Waals surface area contributed by atoms with Crippen molar-refractivity contribution in [2.24, 2.45) is 0 Å². The van der Waals surface area contributed by atoms with Crippen molar-refractivity contribution < 1.29 is 9.47 Å². The topological polar surface area (TPSA) is 18.5 Å². The van der Waals surface area contributed by atoms with Crippen molar-refractivity contribution in [2.45, 2.75) is 26.2 Å². The molecule has 0 unspecified atom stereocenters. The van der Waals surface area contributed by atoms with Crippen molar-refractivity contribution in [2.75, 3.05) is 14.2 Å². The molecular formula is C16H20O2. The van der Waals surface area contributed by atoms with Crippen LogP contribution in [0.15, 0.2) is 30.3 Å². The molecule has 0 heterocycles. The molecule has 0 amide bonds. The van der Waals surface area contributed by atoms with Crippen LogP contribution in [0.25, 0.3) is 10.8 Å². The molecule has 0 aliphatic rings. The van der Waals surface area contributed by atoms with Crippen molar-refractivity contribution in [3.05, 3.63) is 35.9 Å². The number of unbranched alkanes of at least 4 members (excludes halogenated alkanes) is 1. The summed E-state index contributed by atoms with van der Waals surface area (Å²) in [6.45, 7) is 2.21. The second-order valence-electron chi connectivity index (χ2n) is 4.45. The van der Waals surface area contributed by atoms with Gasteiger partial charge in [0.05, 0.1) is 14.2 Å². The number of hydrogen-bond acceptors (Lipinski definition) is 2. The number of aryl methyl sites for hydroxylation is 1. The molecule has 2 aromatic rings. The summed E-state index contributed by atoms with van der Waals surface area (Å²) in [5.74, 6) is 1.80. The molecule has 0 saturated heterocycles. The van der Waals surface area contributed by atoms with Gasteiger partial charge in [-0.2, -0.15) is 0 Å². The van der Waals surface area contributed by atoms with Gasteiger partial charge >= 0.3 is 0 Å². The van der Waals surface area contributed by atoms with Crippen molar-refractivity contribution >= 4 is 10.8 Å². The minimum absolute atomic E-state index is 0.896. The Bertz CT molecular complexity index is 532. The largest absolute Gasteiger partial charge is 0.496 e. The summed E-state index contributed by atoms with van der Waals surface area (Å²) in [7, 11) is 3.41.